The number of hydrogen-bond acceptors (Lipinski definition) is 2. The zero-order valence-electron chi connectivity index (χ0n) is 12.4. The fourth-order valence-electron chi connectivity index (χ4n) is 2.44. The van der Waals surface area contributed by atoms with E-state index in [2.05, 4.69) is 30.5 Å². The quantitative estimate of drug-likeness (QED) is 0.902. The number of nitrogens with zero attached hydrogens (tertiary/aromatic N) is 1. The Bertz CT molecular complexity index is 625. The third kappa shape index (κ3) is 3.12. The molecular formula is C16H21NO2S. The molecule has 0 aliphatic carbocycles. The maximum Gasteiger partial charge on any atom is 0.407 e. The number of rotatable bonds is 3. The van der Waals surface area contributed by atoms with E-state index in [0.717, 1.165) is 6.42 Å². The molecule has 1 N–H and O–H groups in total. The highest BCUT2D eigenvalue weighted by atomic mass is 32.1. The van der Waals surface area contributed by atoms with Crippen molar-refractivity contribution in [3.63, 3.8) is 0 Å². The van der Waals surface area contributed by atoms with Crippen LogP contribution in [0.3, 0.4) is 0 Å². The van der Waals surface area contributed by atoms with Gasteiger partial charge in [-0.05, 0) is 62.1 Å². The minimum Gasteiger partial charge on any atom is -0.465 e. The molecule has 1 heterocycles. The molecule has 2 rings (SSSR count). The fourth-order valence-corrected chi connectivity index (χ4v) is 3.30. The smallest absolute Gasteiger partial charge is 0.407 e. The summed E-state index contributed by atoms with van der Waals surface area (Å²) in [5.74, 6) is 0. The molecule has 4 heteroatoms. The number of amides is 1. The zero-order chi connectivity index (χ0) is 14.9. The minimum absolute atomic E-state index is 0.368. The van der Waals surface area contributed by atoms with E-state index in [-0.39, 0.29) is 5.54 Å². The highest BCUT2D eigenvalue weighted by molar-refractivity contribution is 7.17. The van der Waals surface area contributed by atoms with Gasteiger partial charge in [-0.3, -0.25) is 0 Å². The Hall–Kier alpha value is -1.55. The van der Waals surface area contributed by atoms with Crippen LogP contribution < -0.4 is 0 Å². The van der Waals surface area contributed by atoms with Crippen molar-refractivity contribution in [3.8, 4) is 0 Å². The van der Waals surface area contributed by atoms with Crippen LogP contribution in [0.25, 0.3) is 10.1 Å². The molecule has 1 amide bonds. The van der Waals surface area contributed by atoms with Gasteiger partial charge in [-0.2, -0.15) is 0 Å². The van der Waals surface area contributed by atoms with Crippen LogP contribution in [0.15, 0.2) is 23.6 Å². The topological polar surface area (TPSA) is 40.5 Å². The molecule has 0 aliphatic rings. The fraction of sp³-hybridized carbons (Fsp3) is 0.438. The van der Waals surface area contributed by atoms with Crippen molar-refractivity contribution in [3.05, 3.63) is 34.7 Å². The van der Waals surface area contributed by atoms with Crippen molar-refractivity contribution in [2.45, 2.75) is 39.7 Å². The van der Waals surface area contributed by atoms with Crippen LogP contribution in [0.1, 0.15) is 31.9 Å². The van der Waals surface area contributed by atoms with Gasteiger partial charge in [-0.1, -0.05) is 12.1 Å². The summed E-state index contributed by atoms with van der Waals surface area (Å²) in [5, 5.41) is 12.7. The first kappa shape index (κ1) is 14.9. The molecule has 0 aliphatic heterocycles. The summed E-state index contributed by atoms with van der Waals surface area (Å²) in [6.07, 6.45) is -0.109. The van der Waals surface area contributed by atoms with Gasteiger partial charge in [0, 0.05) is 16.8 Å². The Morgan fingerprint density at radius 3 is 2.65 bits per heavy atom. The average Bonchev–Trinajstić information content (AvgIpc) is 2.75. The van der Waals surface area contributed by atoms with Gasteiger partial charge in [0.25, 0.3) is 0 Å². The van der Waals surface area contributed by atoms with Gasteiger partial charge in [-0.15, -0.1) is 11.3 Å². The predicted molar refractivity (Wildman–Crippen MR) is 84.7 cm³/mol. The maximum atomic E-state index is 11.3. The largest absolute Gasteiger partial charge is 0.465 e. The summed E-state index contributed by atoms with van der Waals surface area (Å²) >= 11 is 1.75. The van der Waals surface area contributed by atoms with E-state index in [9.17, 15) is 9.90 Å². The number of aryl methyl sites for hydroxylation is 1. The zero-order valence-corrected chi connectivity index (χ0v) is 13.3. The lowest BCUT2D eigenvalue weighted by atomic mass is 10.0. The van der Waals surface area contributed by atoms with Crippen LogP contribution in [0.2, 0.25) is 0 Å². The van der Waals surface area contributed by atoms with Gasteiger partial charge in [0.1, 0.15) is 0 Å². The lowest BCUT2D eigenvalue weighted by Crippen LogP contribution is -2.45. The van der Waals surface area contributed by atoms with E-state index < -0.39 is 6.09 Å². The molecule has 0 saturated carbocycles. The molecule has 0 atom stereocenters. The molecule has 0 unspecified atom stereocenters. The summed E-state index contributed by atoms with van der Waals surface area (Å²) in [4.78, 5) is 12.8. The molecule has 108 valence electrons. The SMILES string of the molecule is Cc1cc(CCN(C(=O)O)C(C)(C)C)cc2ccsc12. The Morgan fingerprint density at radius 2 is 2.05 bits per heavy atom. The molecule has 20 heavy (non-hydrogen) atoms. The van der Waals surface area contributed by atoms with E-state index in [0.29, 0.717) is 6.54 Å². The predicted octanol–water partition coefficient (Wildman–Crippen LogP) is 4.53. The molecule has 1 aromatic carbocycles. The molecular weight excluding hydrogens is 270 g/mol. The third-order valence-electron chi connectivity index (χ3n) is 3.46. The second-order valence-electron chi connectivity index (χ2n) is 6.11. The Morgan fingerprint density at radius 1 is 1.35 bits per heavy atom. The normalized spacial score (nSPS) is 11.8. The van der Waals surface area contributed by atoms with Gasteiger partial charge >= 0.3 is 6.09 Å². The van der Waals surface area contributed by atoms with Gasteiger partial charge < -0.3 is 10.0 Å². The van der Waals surface area contributed by atoms with Crippen molar-refractivity contribution in [1.82, 2.24) is 4.90 Å². The first-order valence-corrected chi connectivity index (χ1v) is 7.64. The molecule has 0 fully saturated rings. The number of carbonyl (C=O) groups is 1. The van der Waals surface area contributed by atoms with E-state index >= 15 is 0 Å². The monoisotopic (exact) mass is 291 g/mol. The van der Waals surface area contributed by atoms with E-state index in [4.69, 9.17) is 0 Å². The second-order valence-corrected chi connectivity index (χ2v) is 7.02. The Labute approximate surface area is 123 Å². The second kappa shape index (κ2) is 5.44. The lowest BCUT2D eigenvalue weighted by Gasteiger charge is -2.33. The van der Waals surface area contributed by atoms with Gasteiger partial charge in [0.05, 0.1) is 0 Å². The van der Waals surface area contributed by atoms with Crippen LogP contribution in [0.5, 0.6) is 0 Å². The van der Waals surface area contributed by atoms with Crippen LogP contribution >= 0.6 is 11.3 Å². The average molecular weight is 291 g/mol. The molecule has 0 spiro atoms. The highest BCUT2D eigenvalue weighted by Crippen LogP contribution is 2.26. The first-order chi connectivity index (χ1) is 9.29. The van der Waals surface area contributed by atoms with Crippen molar-refractivity contribution >= 4 is 27.5 Å². The molecule has 1 aromatic heterocycles. The number of thiophene rings is 1. The summed E-state index contributed by atoms with van der Waals surface area (Å²) in [6, 6.07) is 6.46. The molecule has 3 nitrogen and oxygen atoms in total. The summed E-state index contributed by atoms with van der Waals surface area (Å²) < 4.78 is 1.32. The number of fused-ring (bicyclic) bond motifs is 1. The van der Waals surface area contributed by atoms with Crippen molar-refractivity contribution in [1.29, 1.82) is 0 Å². The molecule has 0 radical (unpaired) electrons. The van der Waals surface area contributed by atoms with E-state index in [1.165, 1.54) is 26.1 Å². The molecule has 0 bridgehead atoms. The van der Waals surface area contributed by atoms with Crippen molar-refractivity contribution in [2.75, 3.05) is 6.54 Å². The van der Waals surface area contributed by atoms with Crippen LogP contribution in [-0.2, 0) is 6.42 Å². The third-order valence-corrected chi connectivity index (χ3v) is 4.53. The summed E-state index contributed by atoms with van der Waals surface area (Å²) in [5.41, 5.74) is 2.10. The van der Waals surface area contributed by atoms with Gasteiger partial charge in [0.15, 0.2) is 0 Å². The number of carboxylic acid groups (broad SMARTS) is 1. The highest BCUT2D eigenvalue weighted by Gasteiger charge is 2.25. The number of benzene rings is 1. The Balaban J connectivity index is 2.17. The van der Waals surface area contributed by atoms with Crippen molar-refractivity contribution < 1.29 is 9.90 Å². The van der Waals surface area contributed by atoms with Gasteiger partial charge in [0.2, 0.25) is 0 Å². The maximum absolute atomic E-state index is 11.3. The van der Waals surface area contributed by atoms with Crippen LogP contribution in [0.4, 0.5) is 4.79 Å². The van der Waals surface area contributed by atoms with Crippen LogP contribution in [-0.4, -0.2) is 28.2 Å². The molecule has 0 saturated heterocycles. The van der Waals surface area contributed by atoms with Crippen molar-refractivity contribution in [2.24, 2.45) is 0 Å². The standard InChI is InChI=1S/C16H21NO2S/c1-11-9-12(10-13-6-8-20-14(11)13)5-7-17(15(18)19)16(2,3)4/h6,8-10H,5,7H2,1-4H3,(H,18,19). The molecule has 2 aromatic rings. The number of hydrogen-bond donors (Lipinski definition) is 1. The van der Waals surface area contributed by atoms with E-state index in [1.807, 2.05) is 20.8 Å². The van der Waals surface area contributed by atoms with Crippen LogP contribution in [0, 0.1) is 6.92 Å². The first-order valence-electron chi connectivity index (χ1n) is 6.76. The Kier molecular flexibility index (Phi) is 4.04. The lowest BCUT2D eigenvalue weighted by molar-refractivity contribution is 0.101. The minimum atomic E-state index is -0.856. The summed E-state index contributed by atoms with van der Waals surface area (Å²) in [6.45, 7) is 8.41. The van der Waals surface area contributed by atoms with E-state index in [1.54, 1.807) is 11.3 Å². The van der Waals surface area contributed by atoms with Gasteiger partial charge in [-0.25, -0.2) is 4.79 Å². The summed E-state index contributed by atoms with van der Waals surface area (Å²) in [7, 11) is 0.